The predicted octanol–water partition coefficient (Wildman–Crippen LogP) is 3.19. The van der Waals surface area contributed by atoms with Crippen molar-refractivity contribution in [2.24, 2.45) is 0 Å². The molecule has 16 heavy (non-hydrogen) atoms. The monoisotopic (exact) mass is 245 g/mol. The number of aromatic nitrogens is 1. The Kier molecular flexibility index (Phi) is 3.30. The van der Waals surface area contributed by atoms with Crippen LogP contribution in [0.4, 0.5) is 26.3 Å². The summed E-state index contributed by atoms with van der Waals surface area (Å²) in [5.74, 6) is -2.80. The van der Waals surface area contributed by atoms with E-state index in [1.54, 1.807) is 0 Å². The molecule has 0 fully saturated rings. The number of hydrogen-bond donors (Lipinski definition) is 0. The van der Waals surface area contributed by atoms with E-state index in [0.717, 1.165) is 7.11 Å². The minimum atomic E-state index is -4.99. The fourth-order valence-electron chi connectivity index (χ4n) is 1.09. The molecule has 0 atom stereocenters. The summed E-state index contributed by atoms with van der Waals surface area (Å²) in [7, 11) is 0.774. The molecular weight excluding hydrogens is 240 g/mol. The fraction of sp³-hybridized carbons (Fsp3) is 0.375. The lowest BCUT2D eigenvalue weighted by Crippen LogP contribution is -2.12. The van der Waals surface area contributed by atoms with Crippen molar-refractivity contribution in [2.75, 3.05) is 7.11 Å². The third-order valence-corrected chi connectivity index (χ3v) is 1.68. The summed E-state index contributed by atoms with van der Waals surface area (Å²) in [5.41, 5.74) is -2.98. The van der Waals surface area contributed by atoms with Crippen LogP contribution in [0.15, 0.2) is 6.07 Å². The first-order chi connectivity index (χ1) is 7.27. The average Bonchev–Trinajstić information content (AvgIpc) is 2.14. The molecule has 0 aromatic carbocycles. The third-order valence-electron chi connectivity index (χ3n) is 1.68. The van der Waals surface area contributed by atoms with E-state index < -0.39 is 35.6 Å². The van der Waals surface area contributed by atoms with Crippen LogP contribution in [0.5, 0.6) is 5.75 Å². The summed E-state index contributed by atoms with van der Waals surface area (Å²) in [5, 5.41) is 0. The van der Waals surface area contributed by atoms with Crippen LogP contribution in [0.25, 0.3) is 0 Å². The predicted molar refractivity (Wildman–Crippen MR) is 40.7 cm³/mol. The lowest BCUT2D eigenvalue weighted by molar-refractivity contribution is -0.139. The Hall–Kier alpha value is -1.47. The van der Waals surface area contributed by atoms with Gasteiger partial charge in [-0.3, -0.25) is 0 Å². The molecule has 1 heterocycles. The standard InChI is InChI=1S/C8H5F6NO/c1-16-6-3(8(12,13)14)2-4(9)15-5(6)7(10)11/h2,7H,1H3. The summed E-state index contributed by atoms with van der Waals surface area (Å²) in [6.45, 7) is 0. The van der Waals surface area contributed by atoms with Crippen molar-refractivity contribution in [3.8, 4) is 5.75 Å². The molecule has 0 saturated heterocycles. The van der Waals surface area contributed by atoms with Gasteiger partial charge in [-0.25, -0.2) is 13.8 Å². The van der Waals surface area contributed by atoms with Crippen LogP contribution in [0.3, 0.4) is 0 Å². The molecule has 1 rings (SSSR count). The van der Waals surface area contributed by atoms with Crippen molar-refractivity contribution >= 4 is 0 Å². The third kappa shape index (κ3) is 2.37. The first-order valence-corrected chi connectivity index (χ1v) is 3.87. The van der Waals surface area contributed by atoms with Gasteiger partial charge in [0, 0.05) is 6.07 Å². The summed E-state index contributed by atoms with van der Waals surface area (Å²) < 4.78 is 78.4. The Labute approximate surface area is 85.9 Å². The Bertz CT molecular complexity index is 389. The topological polar surface area (TPSA) is 22.1 Å². The number of pyridine rings is 1. The lowest BCUT2D eigenvalue weighted by atomic mass is 10.2. The van der Waals surface area contributed by atoms with Crippen LogP contribution >= 0.6 is 0 Å². The highest BCUT2D eigenvalue weighted by molar-refractivity contribution is 5.39. The van der Waals surface area contributed by atoms with Crippen molar-refractivity contribution in [2.45, 2.75) is 12.6 Å². The molecule has 0 unspecified atom stereocenters. The Balaban J connectivity index is 3.49. The van der Waals surface area contributed by atoms with Gasteiger partial charge in [0.15, 0.2) is 11.4 Å². The van der Waals surface area contributed by atoms with Gasteiger partial charge < -0.3 is 4.74 Å². The fourth-order valence-corrected chi connectivity index (χ4v) is 1.09. The number of alkyl halides is 5. The second-order valence-corrected chi connectivity index (χ2v) is 2.71. The zero-order valence-corrected chi connectivity index (χ0v) is 7.78. The van der Waals surface area contributed by atoms with Gasteiger partial charge in [0.1, 0.15) is 5.56 Å². The van der Waals surface area contributed by atoms with E-state index in [0.29, 0.717) is 0 Å². The van der Waals surface area contributed by atoms with Crippen LogP contribution in [0, 0.1) is 5.95 Å². The first kappa shape index (κ1) is 12.6. The van der Waals surface area contributed by atoms with Gasteiger partial charge in [0.25, 0.3) is 6.43 Å². The van der Waals surface area contributed by atoms with Gasteiger partial charge in [0.05, 0.1) is 7.11 Å². The van der Waals surface area contributed by atoms with Crippen molar-refractivity contribution < 1.29 is 31.1 Å². The average molecular weight is 245 g/mol. The molecule has 0 N–H and O–H groups in total. The van der Waals surface area contributed by atoms with Gasteiger partial charge in [-0.2, -0.15) is 17.6 Å². The number of rotatable bonds is 2. The van der Waals surface area contributed by atoms with Gasteiger partial charge >= 0.3 is 6.18 Å². The molecule has 2 nitrogen and oxygen atoms in total. The molecule has 0 aliphatic carbocycles. The normalized spacial score (nSPS) is 12.0. The molecule has 0 aliphatic rings. The van der Waals surface area contributed by atoms with E-state index in [1.165, 1.54) is 0 Å². The van der Waals surface area contributed by atoms with Gasteiger partial charge in [0.2, 0.25) is 5.95 Å². The highest BCUT2D eigenvalue weighted by Crippen LogP contribution is 2.40. The van der Waals surface area contributed by atoms with Crippen LogP contribution in [0.1, 0.15) is 17.7 Å². The van der Waals surface area contributed by atoms with Crippen LogP contribution < -0.4 is 4.74 Å². The molecule has 1 aromatic rings. The largest absolute Gasteiger partial charge is 0.494 e. The number of methoxy groups -OCH3 is 1. The number of hydrogen-bond acceptors (Lipinski definition) is 2. The molecular formula is C8H5F6NO. The molecule has 0 bridgehead atoms. The number of halogens is 6. The van der Waals surface area contributed by atoms with Gasteiger partial charge in [-0.1, -0.05) is 0 Å². The van der Waals surface area contributed by atoms with Crippen LogP contribution in [0.2, 0.25) is 0 Å². The van der Waals surface area contributed by atoms with E-state index in [4.69, 9.17) is 0 Å². The highest BCUT2D eigenvalue weighted by atomic mass is 19.4. The Morgan fingerprint density at radius 3 is 2.25 bits per heavy atom. The molecule has 0 radical (unpaired) electrons. The maximum Gasteiger partial charge on any atom is 0.420 e. The van der Waals surface area contributed by atoms with Gasteiger partial charge in [-0.05, 0) is 0 Å². The van der Waals surface area contributed by atoms with Gasteiger partial charge in [-0.15, -0.1) is 0 Å². The van der Waals surface area contributed by atoms with E-state index >= 15 is 0 Å². The molecule has 8 heteroatoms. The Morgan fingerprint density at radius 1 is 1.31 bits per heavy atom. The smallest absolute Gasteiger partial charge is 0.420 e. The lowest BCUT2D eigenvalue weighted by Gasteiger charge is -2.14. The van der Waals surface area contributed by atoms with Crippen LogP contribution in [-0.4, -0.2) is 12.1 Å². The number of ether oxygens (including phenoxy) is 1. The maximum absolute atomic E-state index is 12.6. The summed E-state index contributed by atoms with van der Waals surface area (Å²) in [4.78, 5) is 2.68. The highest BCUT2D eigenvalue weighted by Gasteiger charge is 2.38. The van der Waals surface area contributed by atoms with Crippen LogP contribution in [-0.2, 0) is 6.18 Å². The summed E-state index contributed by atoms with van der Waals surface area (Å²) in [6.07, 6.45) is -8.34. The minimum absolute atomic E-state index is 0.00468. The van der Waals surface area contributed by atoms with Crippen molar-refractivity contribution in [3.63, 3.8) is 0 Å². The molecule has 0 aliphatic heterocycles. The molecule has 90 valence electrons. The number of nitrogens with zero attached hydrogens (tertiary/aromatic N) is 1. The van der Waals surface area contributed by atoms with Crippen molar-refractivity contribution in [3.05, 3.63) is 23.3 Å². The van der Waals surface area contributed by atoms with Crippen molar-refractivity contribution in [1.29, 1.82) is 0 Å². The zero-order chi connectivity index (χ0) is 12.5. The first-order valence-electron chi connectivity index (χ1n) is 3.87. The molecule has 0 spiro atoms. The maximum atomic E-state index is 12.6. The molecule has 1 aromatic heterocycles. The van der Waals surface area contributed by atoms with E-state index in [-0.39, 0.29) is 6.07 Å². The Morgan fingerprint density at radius 2 is 1.88 bits per heavy atom. The summed E-state index contributed by atoms with van der Waals surface area (Å²) >= 11 is 0. The molecule has 0 saturated carbocycles. The SMILES string of the molecule is COc1c(C(F)(F)F)cc(F)nc1C(F)F. The van der Waals surface area contributed by atoms with E-state index in [2.05, 4.69) is 9.72 Å². The van der Waals surface area contributed by atoms with E-state index in [9.17, 15) is 26.3 Å². The van der Waals surface area contributed by atoms with E-state index in [1.807, 2.05) is 0 Å². The minimum Gasteiger partial charge on any atom is -0.494 e. The summed E-state index contributed by atoms with van der Waals surface area (Å²) in [6, 6.07) is 0.00468. The molecule has 0 amide bonds. The van der Waals surface area contributed by atoms with Crippen molar-refractivity contribution in [1.82, 2.24) is 4.98 Å². The quantitative estimate of drug-likeness (QED) is 0.589. The zero-order valence-electron chi connectivity index (χ0n) is 7.78. The second kappa shape index (κ2) is 4.18. The second-order valence-electron chi connectivity index (χ2n) is 2.71.